The van der Waals surface area contributed by atoms with E-state index < -0.39 is 0 Å². The first-order valence-electron chi connectivity index (χ1n) is 4.97. The van der Waals surface area contributed by atoms with Crippen LogP contribution in [0.25, 0.3) is 0 Å². The van der Waals surface area contributed by atoms with Gasteiger partial charge in [0.15, 0.2) is 3.92 Å². The van der Waals surface area contributed by atoms with E-state index in [2.05, 4.69) is 38.4 Å². The predicted molar refractivity (Wildman–Crippen MR) is 62.7 cm³/mol. The summed E-state index contributed by atoms with van der Waals surface area (Å²) in [4.78, 5) is 0. The Hall–Kier alpha value is -0.160. The lowest BCUT2D eigenvalue weighted by atomic mass is 9.67. The highest BCUT2D eigenvalue weighted by Gasteiger charge is 2.34. The zero-order chi connectivity index (χ0) is 10.0. The van der Waals surface area contributed by atoms with Crippen LogP contribution in [0.3, 0.4) is 0 Å². The quantitative estimate of drug-likeness (QED) is 0.917. The van der Waals surface area contributed by atoms with Crippen molar-refractivity contribution in [2.75, 3.05) is 11.9 Å². The van der Waals surface area contributed by atoms with Gasteiger partial charge in [-0.25, -0.2) is 0 Å². The monoisotopic (exact) mass is 275 g/mol. The number of hydrogen-bond acceptors (Lipinski definition) is 4. The van der Waals surface area contributed by atoms with Crippen molar-refractivity contribution in [1.82, 2.24) is 10.2 Å². The Kier molecular flexibility index (Phi) is 3.07. The molecule has 78 valence electrons. The Morgan fingerprint density at radius 1 is 1.50 bits per heavy atom. The van der Waals surface area contributed by atoms with Crippen LogP contribution in [-0.4, -0.2) is 16.7 Å². The number of halogens is 1. The Balaban J connectivity index is 1.87. The number of nitrogens with zero attached hydrogens (tertiary/aromatic N) is 2. The van der Waals surface area contributed by atoms with Crippen molar-refractivity contribution in [2.45, 2.75) is 32.6 Å². The average molecular weight is 276 g/mol. The van der Waals surface area contributed by atoms with Crippen LogP contribution < -0.4 is 5.32 Å². The van der Waals surface area contributed by atoms with Crippen LogP contribution >= 0.6 is 27.3 Å². The van der Waals surface area contributed by atoms with Gasteiger partial charge in [-0.15, -0.1) is 10.2 Å². The third-order valence-electron chi connectivity index (χ3n) is 3.18. The van der Waals surface area contributed by atoms with Gasteiger partial charge in [0.1, 0.15) is 0 Å². The van der Waals surface area contributed by atoms with E-state index in [1.807, 2.05) is 0 Å². The Labute approximate surface area is 96.4 Å². The van der Waals surface area contributed by atoms with Gasteiger partial charge >= 0.3 is 0 Å². The van der Waals surface area contributed by atoms with Gasteiger partial charge in [-0.1, -0.05) is 24.7 Å². The van der Waals surface area contributed by atoms with E-state index in [1.165, 1.54) is 25.7 Å². The molecule has 1 fully saturated rings. The van der Waals surface area contributed by atoms with Crippen molar-refractivity contribution in [3.8, 4) is 0 Å². The molecular weight excluding hydrogens is 262 g/mol. The van der Waals surface area contributed by atoms with Gasteiger partial charge in [-0.2, -0.15) is 0 Å². The first kappa shape index (κ1) is 10.4. The summed E-state index contributed by atoms with van der Waals surface area (Å²) in [5, 5.41) is 12.2. The highest BCUT2D eigenvalue weighted by molar-refractivity contribution is 9.11. The minimum absolute atomic E-state index is 0.540. The Bertz CT molecular complexity index is 303. The van der Waals surface area contributed by atoms with Gasteiger partial charge in [0.2, 0.25) is 5.13 Å². The SMILES string of the molecule is CCC1(CNc2nnc(Br)s2)CCC1. The molecule has 1 aromatic heterocycles. The molecule has 3 nitrogen and oxygen atoms in total. The fraction of sp³-hybridized carbons (Fsp3) is 0.778. The van der Waals surface area contributed by atoms with E-state index in [0.717, 1.165) is 15.6 Å². The lowest BCUT2D eigenvalue weighted by Gasteiger charge is -2.41. The first-order chi connectivity index (χ1) is 6.74. The standard InChI is InChI=1S/C9H14BrN3S/c1-2-9(4-3-5-9)6-11-8-13-12-7(10)14-8/h2-6H2,1H3,(H,11,13). The topological polar surface area (TPSA) is 37.8 Å². The molecular formula is C9H14BrN3S. The van der Waals surface area contributed by atoms with Crippen LogP contribution in [0.5, 0.6) is 0 Å². The van der Waals surface area contributed by atoms with Crippen molar-refractivity contribution < 1.29 is 0 Å². The fourth-order valence-corrected chi connectivity index (χ4v) is 2.88. The minimum Gasteiger partial charge on any atom is -0.360 e. The second kappa shape index (κ2) is 4.14. The van der Waals surface area contributed by atoms with E-state index >= 15 is 0 Å². The number of aromatic nitrogens is 2. The molecule has 0 aliphatic heterocycles. The average Bonchev–Trinajstić information content (AvgIpc) is 2.50. The Morgan fingerprint density at radius 2 is 2.29 bits per heavy atom. The van der Waals surface area contributed by atoms with Crippen molar-refractivity contribution in [2.24, 2.45) is 5.41 Å². The molecule has 1 N–H and O–H groups in total. The minimum atomic E-state index is 0.540. The maximum atomic E-state index is 4.02. The molecule has 0 atom stereocenters. The number of hydrogen-bond donors (Lipinski definition) is 1. The number of nitrogens with one attached hydrogen (secondary N) is 1. The molecule has 5 heteroatoms. The van der Waals surface area contributed by atoms with Crippen LogP contribution in [-0.2, 0) is 0 Å². The summed E-state index contributed by atoms with van der Waals surface area (Å²) < 4.78 is 0.846. The van der Waals surface area contributed by atoms with Crippen molar-refractivity contribution in [3.63, 3.8) is 0 Å². The maximum absolute atomic E-state index is 4.02. The van der Waals surface area contributed by atoms with Gasteiger partial charge in [0.25, 0.3) is 0 Å². The summed E-state index contributed by atoms with van der Waals surface area (Å²) in [5.41, 5.74) is 0.540. The smallest absolute Gasteiger partial charge is 0.206 e. The predicted octanol–water partition coefficient (Wildman–Crippen LogP) is 3.29. The van der Waals surface area contributed by atoms with E-state index in [9.17, 15) is 0 Å². The van der Waals surface area contributed by atoms with E-state index in [1.54, 1.807) is 11.3 Å². The Morgan fingerprint density at radius 3 is 2.71 bits per heavy atom. The fourth-order valence-electron chi connectivity index (χ4n) is 1.87. The van der Waals surface area contributed by atoms with Gasteiger partial charge in [0.05, 0.1) is 0 Å². The molecule has 1 aliphatic rings. The number of rotatable bonds is 4. The zero-order valence-corrected chi connectivity index (χ0v) is 10.6. The lowest BCUT2D eigenvalue weighted by Crippen LogP contribution is -2.35. The number of anilines is 1. The highest BCUT2D eigenvalue weighted by Crippen LogP contribution is 2.43. The van der Waals surface area contributed by atoms with Crippen molar-refractivity contribution in [1.29, 1.82) is 0 Å². The normalized spacial score (nSPS) is 19.0. The van der Waals surface area contributed by atoms with Crippen LogP contribution in [0.15, 0.2) is 3.92 Å². The third kappa shape index (κ3) is 2.08. The molecule has 0 amide bonds. The molecule has 0 aromatic carbocycles. The van der Waals surface area contributed by atoms with Crippen LogP contribution in [0.2, 0.25) is 0 Å². The maximum Gasteiger partial charge on any atom is 0.206 e. The summed E-state index contributed by atoms with van der Waals surface area (Å²) >= 11 is 4.86. The first-order valence-corrected chi connectivity index (χ1v) is 6.58. The highest BCUT2D eigenvalue weighted by atomic mass is 79.9. The molecule has 1 saturated carbocycles. The van der Waals surface area contributed by atoms with Crippen molar-refractivity contribution in [3.05, 3.63) is 3.92 Å². The van der Waals surface area contributed by atoms with Crippen LogP contribution in [0.1, 0.15) is 32.6 Å². The van der Waals surface area contributed by atoms with Gasteiger partial charge in [0, 0.05) is 6.54 Å². The van der Waals surface area contributed by atoms with E-state index in [4.69, 9.17) is 0 Å². The largest absolute Gasteiger partial charge is 0.360 e. The molecule has 0 bridgehead atoms. The van der Waals surface area contributed by atoms with Crippen LogP contribution in [0.4, 0.5) is 5.13 Å². The van der Waals surface area contributed by atoms with E-state index in [0.29, 0.717) is 5.41 Å². The lowest BCUT2D eigenvalue weighted by molar-refractivity contribution is 0.145. The second-order valence-electron chi connectivity index (χ2n) is 3.92. The molecule has 1 aromatic rings. The molecule has 14 heavy (non-hydrogen) atoms. The summed E-state index contributed by atoms with van der Waals surface area (Å²) in [7, 11) is 0. The summed E-state index contributed by atoms with van der Waals surface area (Å²) in [5.74, 6) is 0. The molecule has 1 heterocycles. The molecule has 1 aliphatic carbocycles. The second-order valence-corrected chi connectivity index (χ2v) is 6.17. The van der Waals surface area contributed by atoms with Gasteiger partial charge in [-0.05, 0) is 40.6 Å². The molecule has 0 unspecified atom stereocenters. The van der Waals surface area contributed by atoms with Crippen LogP contribution in [0, 0.1) is 5.41 Å². The molecule has 0 spiro atoms. The molecule has 0 saturated heterocycles. The zero-order valence-electron chi connectivity index (χ0n) is 8.22. The van der Waals surface area contributed by atoms with E-state index in [-0.39, 0.29) is 0 Å². The molecule has 0 radical (unpaired) electrons. The van der Waals surface area contributed by atoms with Crippen molar-refractivity contribution >= 4 is 32.4 Å². The summed E-state index contributed by atoms with van der Waals surface area (Å²) in [6.45, 7) is 3.32. The molecule has 2 rings (SSSR count). The third-order valence-corrected chi connectivity index (χ3v) is 4.49. The van der Waals surface area contributed by atoms with Gasteiger partial charge in [-0.3, -0.25) is 0 Å². The van der Waals surface area contributed by atoms with Gasteiger partial charge < -0.3 is 5.32 Å². The summed E-state index contributed by atoms with van der Waals surface area (Å²) in [6, 6.07) is 0. The summed E-state index contributed by atoms with van der Waals surface area (Å²) in [6.07, 6.45) is 5.36.